The fourth-order valence-corrected chi connectivity index (χ4v) is 5.16. The highest BCUT2D eigenvalue weighted by Gasteiger charge is 2.28. The van der Waals surface area contributed by atoms with Crippen molar-refractivity contribution in [2.24, 2.45) is 0 Å². The van der Waals surface area contributed by atoms with Crippen LogP contribution in [0.5, 0.6) is 0 Å². The first-order valence-electron chi connectivity index (χ1n) is 10.1. The number of benzene rings is 2. The Hall–Kier alpha value is -2.78. The molecule has 2 aromatic rings. The van der Waals surface area contributed by atoms with Gasteiger partial charge in [-0.1, -0.05) is 12.1 Å². The van der Waals surface area contributed by atoms with Crippen molar-refractivity contribution in [3.05, 3.63) is 48.5 Å². The maximum Gasteiger partial charge on any atom is 0.411 e. The van der Waals surface area contributed by atoms with Crippen LogP contribution in [0, 0.1) is 0 Å². The third-order valence-corrected chi connectivity index (χ3v) is 7.65. The van der Waals surface area contributed by atoms with Gasteiger partial charge in [-0.05, 0) is 43.3 Å². The van der Waals surface area contributed by atoms with Gasteiger partial charge in [-0.25, -0.2) is 13.2 Å². The predicted octanol–water partition coefficient (Wildman–Crippen LogP) is 2.79. The summed E-state index contributed by atoms with van der Waals surface area (Å²) in [6, 6.07) is 15.7. The molecule has 0 saturated carbocycles. The van der Waals surface area contributed by atoms with Crippen molar-refractivity contribution in [1.29, 1.82) is 0 Å². The first-order chi connectivity index (χ1) is 14.4. The fourth-order valence-electron chi connectivity index (χ4n) is 4.08. The molecule has 160 valence electrons. The SMILES string of the molecule is CCS(=O)(=O)N1CCN(c2ccc(N3CCN(C(=O)O)c4ccccc43)cc2)CC1. The molecule has 4 rings (SSSR count). The molecule has 1 amide bonds. The minimum atomic E-state index is -3.13. The van der Waals surface area contributed by atoms with Crippen molar-refractivity contribution < 1.29 is 18.3 Å². The molecular weight excluding hydrogens is 404 g/mol. The Kier molecular flexibility index (Phi) is 5.57. The number of carboxylic acid groups (broad SMARTS) is 1. The molecule has 2 aromatic carbocycles. The zero-order chi connectivity index (χ0) is 21.3. The summed E-state index contributed by atoms with van der Waals surface area (Å²) >= 11 is 0. The molecule has 8 nitrogen and oxygen atoms in total. The van der Waals surface area contributed by atoms with Crippen LogP contribution in [0.3, 0.4) is 0 Å². The van der Waals surface area contributed by atoms with Crippen molar-refractivity contribution in [2.45, 2.75) is 6.92 Å². The van der Waals surface area contributed by atoms with Crippen molar-refractivity contribution in [2.75, 3.05) is 59.7 Å². The van der Waals surface area contributed by atoms with E-state index in [0.717, 1.165) is 17.1 Å². The lowest BCUT2D eigenvalue weighted by atomic mass is 10.1. The monoisotopic (exact) mass is 430 g/mol. The highest BCUT2D eigenvalue weighted by molar-refractivity contribution is 7.89. The number of rotatable bonds is 4. The number of amides is 1. The van der Waals surface area contributed by atoms with E-state index in [9.17, 15) is 18.3 Å². The Balaban J connectivity index is 1.50. The molecule has 30 heavy (non-hydrogen) atoms. The van der Waals surface area contributed by atoms with Gasteiger partial charge in [0.2, 0.25) is 10.0 Å². The van der Waals surface area contributed by atoms with Crippen molar-refractivity contribution >= 4 is 38.9 Å². The van der Waals surface area contributed by atoms with E-state index in [0.29, 0.717) is 45.0 Å². The number of carbonyl (C=O) groups is 1. The summed E-state index contributed by atoms with van der Waals surface area (Å²) < 4.78 is 25.7. The van der Waals surface area contributed by atoms with Crippen LogP contribution < -0.4 is 14.7 Å². The quantitative estimate of drug-likeness (QED) is 0.803. The van der Waals surface area contributed by atoms with E-state index in [1.165, 1.54) is 4.90 Å². The third-order valence-electron chi connectivity index (χ3n) is 5.76. The lowest BCUT2D eigenvalue weighted by Gasteiger charge is -2.37. The lowest BCUT2D eigenvalue weighted by molar-refractivity contribution is 0.201. The van der Waals surface area contributed by atoms with Gasteiger partial charge in [0.25, 0.3) is 0 Å². The molecule has 1 saturated heterocycles. The minimum Gasteiger partial charge on any atom is -0.465 e. The number of anilines is 4. The van der Waals surface area contributed by atoms with Crippen LogP contribution in [0.15, 0.2) is 48.5 Å². The maximum atomic E-state index is 12.0. The zero-order valence-corrected chi connectivity index (χ0v) is 17.8. The molecule has 0 aromatic heterocycles. The maximum absolute atomic E-state index is 12.0. The Morgan fingerprint density at radius 1 is 0.867 bits per heavy atom. The summed E-state index contributed by atoms with van der Waals surface area (Å²) in [6.45, 7) is 5.00. The van der Waals surface area contributed by atoms with Crippen LogP contribution in [-0.2, 0) is 10.0 Å². The van der Waals surface area contributed by atoms with Crippen LogP contribution >= 0.6 is 0 Å². The van der Waals surface area contributed by atoms with E-state index in [1.54, 1.807) is 11.2 Å². The first-order valence-corrected chi connectivity index (χ1v) is 11.7. The number of hydrogen-bond donors (Lipinski definition) is 1. The molecular formula is C21H26N4O4S. The molecule has 0 bridgehead atoms. The highest BCUT2D eigenvalue weighted by atomic mass is 32.2. The number of sulfonamides is 1. The Morgan fingerprint density at radius 2 is 1.47 bits per heavy atom. The van der Waals surface area contributed by atoms with E-state index in [-0.39, 0.29) is 5.75 Å². The fraction of sp³-hybridized carbons (Fsp3) is 0.381. The molecule has 1 fully saturated rings. The van der Waals surface area contributed by atoms with Gasteiger partial charge in [0.15, 0.2) is 0 Å². The number of hydrogen-bond acceptors (Lipinski definition) is 5. The highest BCUT2D eigenvalue weighted by Crippen LogP contribution is 2.38. The normalized spacial score (nSPS) is 17.7. The van der Waals surface area contributed by atoms with E-state index in [1.807, 2.05) is 48.5 Å². The van der Waals surface area contributed by atoms with Gasteiger partial charge in [-0.3, -0.25) is 4.90 Å². The molecule has 0 atom stereocenters. The van der Waals surface area contributed by atoms with E-state index in [4.69, 9.17) is 0 Å². The van der Waals surface area contributed by atoms with Crippen LogP contribution in [0.1, 0.15) is 6.92 Å². The van der Waals surface area contributed by atoms with E-state index in [2.05, 4.69) is 9.80 Å². The average Bonchev–Trinajstić information content (AvgIpc) is 2.78. The second-order valence-corrected chi connectivity index (χ2v) is 9.64. The van der Waals surface area contributed by atoms with Crippen LogP contribution in [0.4, 0.5) is 27.5 Å². The zero-order valence-electron chi connectivity index (χ0n) is 16.9. The van der Waals surface area contributed by atoms with Crippen LogP contribution in [0.25, 0.3) is 0 Å². The smallest absolute Gasteiger partial charge is 0.411 e. The van der Waals surface area contributed by atoms with Gasteiger partial charge in [0.05, 0.1) is 17.1 Å². The first kappa shape index (κ1) is 20.5. The third kappa shape index (κ3) is 3.82. The molecule has 2 heterocycles. The lowest BCUT2D eigenvalue weighted by Crippen LogP contribution is -2.49. The van der Waals surface area contributed by atoms with Gasteiger partial charge in [-0.15, -0.1) is 0 Å². The van der Waals surface area contributed by atoms with E-state index < -0.39 is 16.1 Å². The summed E-state index contributed by atoms with van der Waals surface area (Å²) in [4.78, 5) is 17.2. The summed E-state index contributed by atoms with van der Waals surface area (Å²) in [5.74, 6) is 0.137. The Morgan fingerprint density at radius 3 is 2.07 bits per heavy atom. The van der Waals surface area contributed by atoms with Crippen molar-refractivity contribution in [3.63, 3.8) is 0 Å². The molecule has 9 heteroatoms. The molecule has 0 radical (unpaired) electrons. The number of nitrogens with zero attached hydrogens (tertiary/aromatic N) is 4. The van der Waals surface area contributed by atoms with Gasteiger partial charge >= 0.3 is 6.09 Å². The summed E-state index contributed by atoms with van der Waals surface area (Å²) in [5, 5.41) is 9.47. The van der Waals surface area contributed by atoms with Crippen molar-refractivity contribution in [3.8, 4) is 0 Å². The summed E-state index contributed by atoms with van der Waals surface area (Å²) in [6.07, 6.45) is -0.943. The van der Waals surface area contributed by atoms with Gasteiger partial charge in [0.1, 0.15) is 0 Å². The minimum absolute atomic E-state index is 0.137. The molecule has 0 unspecified atom stereocenters. The van der Waals surface area contributed by atoms with Crippen LogP contribution in [0.2, 0.25) is 0 Å². The molecule has 1 N–H and O–H groups in total. The molecule has 0 spiro atoms. The van der Waals surface area contributed by atoms with Gasteiger partial charge in [-0.2, -0.15) is 4.31 Å². The number of piperazine rings is 1. The number of fused-ring (bicyclic) bond motifs is 1. The topological polar surface area (TPSA) is 84.4 Å². The Bertz CT molecular complexity index is 1020. The standard InChI is InChI=1S/C21H26N4O4S/c1-2-30(28,29)23-13-11-22(12-14-23)17-7-9-18(10-8-17)24-15-16-25(21(26)27)20-6-4-3-5-19(20)24/h3-10H,2,11-16H2,1H3,(H,26,27). The second kappa shape index (κ2) is 8.16. The van der Waals surface area contributed by atoms with Crippen LogP contribution in [-0.4, -0.2) is 68.9 Å². The predicted molar refractivity (Wildman–Crippen MR) is 119 cm³/mol. The second-order valence-electron chi connectivity index (χ2n) is 7.38. The average molecular weight is 431 g/mol. The summed E-state index contributed by atoms with van der Waals surface area (Å²) in [7, 11) is -3.13. The molecule has 2 aliphatic rings. The summed E-state index contributed by atoms with van der Waals surface area (Å²) in [5.41, 5.74) is 3.62. The Labute approximate surface area is 177 Å². The molecule has 2 aliphatic heterocycles. The van der Waals surface area contributed by atoms with Gasteiger partial charge < -0.3 is 14.9 Å². The van der Waals surface area contributed by atoms with Crippen molar-refractivity contribution in [1.82, 2.24) is 4.31 Å². The molecule has 0 aliphatic carbocycles. The van der Waals surface area contributed by atoms with Gasteiger partial charge in [0, 0.05) is 50.6 Å². The number of para-hydroxylation sites is 2. The largest absolute Gasteiger partial charge is 0.465 e. The van der Waals surface area contributed by atoms with E-state index >= 15 is 0 Å².